The molecule has 3 rings (SSSR count). The maximum absolute atomic E-state index is 12.6. The van der Waals surface area contributed by atoms with Gasteiger partial charge in [0.1, 0.15) is 0 Å². The van der Waals surface area contributed by atoms with Gasteiger partial charge in [0, 0.05) is 44.7 Å². The van der Waals surface area contributed by atoms with Crippen LogP contribution >= 0.6 is 35.6 Å². The van der Waals surface area contributed by atoms with Gasteiger partial charge < -0.3 is 10.6 Å². The molecular formula is C21H28ClIN4O2S. The van der Waals surface area contributed by atoms with Gasteiger partial charge in [-0.25, -0.2) is 12.7 Å². The van der Waals surface area contributed by atoms with E-state index in [1.807, 2.05) is 30.3 Å². The van der Waals surface area contributed by atoms with Gasteiger partial charge in [-0.2, -0.15) is 0 Å². The molecule has 30 heavy (non-hydrogen) atoms. The van der Waals surface area contributed by atoms with Gasteiger partial charge in [0.2, 0.25) is 10.0 Å². The Morgan fingerprint density at radius 3 is 2.43 bits per heavy atom. The second-order valence-corrected chi connectivity index (χ2v) is 10.0. The van der Waals surface area contributed by atoms with Crippen LogP contribution in [0.3, 0.4) is 0 Å². The highest BCUT2D eigenvalue weighted by Crippen LogP contribution is 2.48. The largest absolute Gasteiger partial charge is 0.356 e. The van der Waals surface area contributed by atoms with E-state index in [1.54, 1.807) is 19.2 Å². The summed E-state index contributed by atoms with van der Waals surface area (Å²) in [5, 5.41) is 7.35. The summed E-state index contributed by atoms with van der Waals surface area (Å²) < 4.78 is 26.3. The Balaban J connectivity index is 0.00000320. The minimum atomic E-state index is -3.51. The van der Waals surface area contributed by atoms with Crippen LogP contribution in [0.4, 0.5) is 0 Å². The highest BCUT2D eigenvalue weighted by atomic mass is 127. The van der Waals surface area contributed by atoms with Crippen LogP contribution in [0.25, 0.3) is 0 Å². The first-order chi connectivity index (χ1) is 13.8. The van der Waals surface area contributed by atoms with Crippen molar-refractivity contribution >= 4 is 51.6 Å². The van der Waals surface area contributed by atoms with E-state index in [0.717, 1.165) is 24.4 Å². The third kappa shape index (κ3) is 5.66. The number of benzene rings is 2. The number of nitrogens with one attached hydrogen (secondary N) is 2. The van der Waals surface area contributed by atoms with Crippen molar-refractivity contribution < 1.29 is 8.42 Å². The molecule has 0 atom stereocenters. The Labute approximate surface area is 201 Å². The first kappa shape index (κ1) is 24.9. The minimum Gasteiger partial charge on any atom is -0.356 e. The zero-order valence-corrected chi connectivity index (χ0v) is 21.3. The maximum atomic E-state index is 12.6. The highest BCUT2D eigenvalue weighted by molar-refractivity contribution is 14.0. The Hall–Kier alpha value is -1.36. The number of guanidine groups is 1. The summed E-state index contributed by atoms with van der Waals surface area (Å²) in [5.41, 5.74) is 2.00. The monoisotopic (exact) mass is 562 g/mol. The molecule has 0 amide bonds. The number of halogens is 2. The third-order valence-corrected chi connectivity index (χ3v) is 7.44. The van der Waals surface area contributed by atoms with E-state index in [2.05, 4.69) is 21.7 Å². The topological polar surface area (TPSA) is 73.8 Å². The minimum absolute atomic E-state index is 0. The van der Waals surface area contributed by atoms with Crippen LogP contribution in [0.5, 0.6) is 0 Å². The van der Waals surface area contributed by atoms with Gasteiger partial charge in [-0.1, -0.05) is 41.9 Å². The van der Waals surface area contributed by atoms with Crippen molar-refractivity contribution in [1.82, 2.24) is 14.9 Å². The van der Waals surface area contributed by atoms with Gasteiger partial charge in [-0.3, -0.25) is 4.99 Å². The normalized spacial score (nSPS) is 15.4. The number of hydrogen-bond acceptors (Lipinski definition) is 3. The van der Waals surface area contributed by atoms with E-state index in [9.17, 15) is 8.42 Å². The number of aliphatic imine (C=N–C) groups is 1. The summed E-state index contributed by atoms with van der Waals surface area (Å²) >= 11 is 6.15. The van der Waals surface area contributed by atoms with Crippen molar-refractivity contribution in [1.29, 1.82) is 0 Å². The zero-order valence-electron chi connectivity index (χ0n) is 17.4. The van der Waals surface area contributed by atoms with Crippen LogP contribution < -0.4 is 10.6 Å². The van der Waals surface area contributed by atoms with Gasteiger partial charge in [0.05, 0.1) is 4.90 Å². The molecule has 0 heterocycles. The Morgan fingerprint density at radius 1 is 1.13 bits per heavy atom. The molecule has 2 aromatic rings. The lowest BCUT2D eigenvalue weighted by Crippen LogP contribution is -2.41. The molecule has 0 radical (unpaired) electrons. The van der Waals surface area contributed by atoms with Crippen LogP contribution in [0.2, 0.25) is 5.02 Å². The molecule has 0 saturated heterocycles. The van der Waals surface area contributed by atoms with Crippen LogP contribution in [-0.4, -0.2) is 46.4 Å². The Kier molecular flexibility index (Phi) is 8.55. The molecule has 0 bridgehead atoms. The van der Waals surface area contributed by atoms with Crippen LogP contribution in [-0.2, 0) is 22.0 Å². The average molecular weight is 563 g/mol. The van der Waals surface area contributed by atoms with E-state index in [0.29, 0.717) is 23.0 Å². The summed E-state index contributed by atoms with van der Waals surface area (Å²) in [5.74, 6) is 0.635. The SMILES string of the molecule is CN=C(NCc1ccccc1S(=O)(=O)N(C)C)NCC1(c2cccc(Cl)c2)CC1.I. The molecule has 1 fully saturated rings. The molecule has 1 aliphatic rings. The Bertz CT molecular complexity index is 1010. The number of rotatable bonds is 7. The van der Waals surface area contributed by atoms with Gasteiger partial charge in [-0.15, -0.1) is 24.0 Å². The molecule has 0 unspecified atom stereocenters. The lowest BCUT2D eigenvalue weighted by atomic mass is 9.96. The van der Waals surface area contributed by atoms with Gasteiger partial charge in [0.15, 0.2) is 5.96 Å². The molecule has 0 spiro atoms. The summed E-state index contributed by atoms with van der Waals surface area (Å²) in [6.07, 6.45) is 2.20. The molecule has 1 saturated carbocycles. The van der Waals surface area contributed by atoms with Gasteiger partial charge in [-0.05, 0) is 42.2 Å². The smallest absolute Gasteiger partial charge is 0.242 e. The summed E-state index contributed by atoms with van der Waals surface area (Å²) in [7, 11) is 1.26. The van der Waals surface area contributed by atoms with Crippen molar-refractivity contribution in [2.75, 3.05) is 27.7 Å². The molecule has 0 aliphatic heterocycles. The predicted molar refractivity (Wildman–Crippen MR) is 133 cm³/mol. The summed E-state index contributed by atoms with van der Waals surface area (Å²) in [4.78, 5) is 4.58. The number of nitrogens with zero attached hydrogens (tertiary/aromatic N) is 2. The van der Waals surface area contributed by atoms with E-state index in [4.69, 9.17) is 11.6 Å². The fourth-order valence-corrected chi connectivity index (χ4v) is 4.59. The van der Waals surface area contributed by atoms with Crippen LogP contribution in [0.15, 0.2) is 58.4 Å². The predicted octanol–water partition coefficient (Wildman–Crippen LogP) is 3.61. The van der Waals surface area contributed by atoms with Crippen molar-refractivity contribution in [3.8, 4) is 0 Å². The number of hydrogen-bond donors (Lipinski definition) is 2. The van der Waals surface area contributed by atoms with Crippen LogP contribution in [0, 0.1) is 0 Å². The van der Waals surface area contributed by atoms with E-state index in [-0.39, 0.29) is 29.4 Å². The molecule has 164 valence electrons. The summed E-state index contributed by atoms with van der Waals surface area (Å²) in [6.45, 7) is 1.09. The first-order valence-electron chi connectivity index (χ1n) is 9.49. The van der Waals surface area contributed by atoms with Crippen molar-refractivity contribution in [3.63, 3.8) is 0 Å². The quantitative estimate of drug-likeness (QED) is 0.307. The fourth-order valence-electron chi connectivity index (χ4n) is 3.29. The zero-order chi connectivity index (χ0) is 21.1. The highest BCUT2D eigenvalue weighted by Gasteiger charge is 2.44. The lowest BCUT2D eigenvalue weighted by Gasteiger charge is -2.20. The Morgan fingerprint density at radius 2 is 1.83 bits per heavy atom. The third-order valence-electron chi connectivity index (χ3n) is 5.29. The van der Waals surface area contributed by atoms with E-state index in [1.165, 1.54) is 24.0 Å². The summed E-state index contributed by atoms with van der Waals surface area (Å²) in [6, 6.07) is 15.0. The molecule has 0 aromatic heterocycles. The average Bonchev–Trinajstić information content (AvgIpc) is 3.49. The van der Waals surface area contributed by atoms with Crippen molar-refractivity contribution in [2.24, 2.45) is 4.99 Å². The maximum Gasteiger partial charge on any atom is 0.242 e. The van der Waals surface area contributed by atoms with Crippen molar-refractivity contribution in [3.05, 3.63) is 64.7 Å². The van der Waals surface area contributed by atoms with E-state index < -0.39 is 10.0 Å². The van der Waals surface area contributed by atoms with Crippen LogP contribution in [0.1, 0.15) is 24.0 Å². The van der Waals surface area contributed by atoms with Gasteiger partial charge in [0.25, 0.3) is 0 Å². The van der Waals surface area contributed by atoms with Crippen molar-refractivity contribution in [2.45, 2.75) is 29.7 Å². The molecule has 2 aromatic carbocycles. The molecule has 1 aliphatic carbocycles. The van der Waals surface area contributed by atoms with Gasteiger partial charge >= 0.3 is 0 Å². The standard InChI is InChI=1S/C21H27ClN4O2S.HI/c1-23-20(25-15-21(11-12-21)17-8-6-9-18(22)13-17)24-14-16-7-4-5-10-19(16)29(27,28)26(2)3;/h4-10,13H,11-12,14-15H2,1-3H3,(H2,23,24,25);1H. The first-order valence-corrected chi connectivity index (χ1v) is 11.3. The fraction of sp³-hybridized carbons (Fsp3) is 0.381. The second kappa shape index (κ2) is 10.3. The lowest BCUT2D eigenvalue weighted by molar-refractivity contribution is 0.519. The molecule has 6 nitrogen and oxygen atoms in total. The second-order valence-electron chi connectivity index (χ2n) is 7.47. The number of sulfonamides is 1. The molecule has 2 N–H and O–H groups in total. The van der Waals surface area contributed by atoms with E-state index >= 15 is 0 Å². The molecular weight excluding hydrogens is 535 g/mol. The molecule has 9 heteroatoms.